The molecule has 0 bridgehead atoms. The van der Waals surface area contributed by atoms with E-state index in [0.717, 1.165) is 31.6 Å². The van der Waals surface area contributed by atoms with E-state index in [1.807, 2.05) is 10.8 Å². The topological polar surface area (TPSA) is 68.2 Å². The average molecular weight is 266 g/mol. The third-order valence-corrected chi connectivity index (χ3v) is 3.02. The van der Waals surface area contributed by atoms with Crippen molar-refractivity contribution in [2.45, 2.75) is 38.4 Å². The first kappa shape index (κ1) is 14.0. The van der Waals surface area contributed by atoms with Crippen molar-refractivity contribution in [3.8, 4) is 0 Å². The fraction of sp³-hybridized carbons (Fsp3) is 0.692. The maximum atomic E-state index is 11.5. The molecule has 0 spiro atoms. The summed E-state index contributed by atoms with van der Waals surface area (Å²) in [5.74, 6) is 0.135. The number of ether oxygens (including phenoxy) is 1. The van der Waals surface area contributed by atoms with E-state index in [1.165, 1.54) is 0 Å². The van der Waals surface area contributed by atoms with Crippen LogP contribution in [0, 0.1) is 0 Å². The molecule has 1 aliphatic rings. The number of aryl methyl sites for hydroxylation is 1. The zero-order chi connectivity index (χ0) is 13.5. The van der Waals surface area contributed by atoms with Gasteiger partial charge in [0.1, 0.15) is 0 Å². The van der Waals surface area contributed by atoms with Crippen LogP contribution < -0.4 is 10.6 Å². The molecule has 6 heteroatoms. The van der Waals surface area contributed by atoms with Crippen molar-refractivity contribution in [3.05, 3.63) is 18.2 Å². The molecule has 2 N–H and O–H groups in total. The smallest absolute Gasteiger partial charge is 0.222 e. The van der Waals surface area contributed by atoms with E-state index in [0.29, 0.717) is 25.6 Å². The van der Waals surface area contributed by atoms with Gasteiger partial charge in [0.05, 0.1) is 18.6 Å². The zero-order valence-corrected chi connectivity index (χ0v) is 11.4. The summed E-state index contributed by atoms with van der Waals surface area (Å²) in [5, 5.41) is 6.22. The molecule has 2 rings (SSSR count). The van der Waals surface area contributed by atoms with Gasteiger partial charge in [0.25, 0.3) is 0 Å². The Kier molecular flexibility index (Phi) is 5.35. The van der Waals surface area contributed by atoms with Gasteiger partial charge >= 0.3 is 0 Å². The molecule has 0 unspecified atom stereocenters. The maximum Gasteiger partial charge on any atom is 0.222 e. The number of nitrogens with one attached hydrogen (secondary N) is 2. The second kappa shape index (κ2) is 7.25. The van der Waals surface area contributed by atoms with Gasteiger partial charge in [-0.1, -0.05) is 0 Å². The van der Waals surface area contributed by atoms with E-state index in [1.54, 1.807) is 13.4 Å². The normalized spacial score (nSPS) is 14.6. The van der Waals surface area contributed by atoms with Gasteiger partial charge in [0.15, 0.2) is 0 Å². The molecule has 1 aromatic heterocycles. The number of imidazole rings is 1. The van der Waals surface area contributed by atoms with Crippen molar-refractivity contribution in [1.82, 2.24) is 20.2 Å². The first-order valence-corrected chi connectivity index (χ1v) is 6.77. The van der Waals surface area contributed by atoms with Crippen LogP contribution >= 0.6 is 0 Å². The maximum absolute atomic E-state index is 11.5. The Morgan fingerprint density at radius 2 is 2.42 bits per heavy atom. The molecule has 1 aliphatic carbocycles. The summed E-state index contributed by atoms with van der Waals surface area (Å²) in [6.45, 7) is 2.92. The summed E-state index contributed by atoms with van der Waals surface area (Å²) in [6, 6.07) is 0.441. The molecule has 1 amide bonds. The van der Waals surface area contributed by atoms with E-state index in [2.05, 4.69) is 15.6 Å². The number of nitrogens with zero attached hydrogens (tertiary/aromatic N) is 2. The molecular formula is C13H22N4O2. The van der Waals surface area contributed by atoms with E-state index >= 15 is 0 Å². The van der Waals surface area contributed by atoms with Crippen molar-refractivity contribution in [2.24, 2.45) is 0 Å². The van der Waals surface area contributed by atoms with Gasteiger partial charge in [0, 0.05) is 45.4 Å². The van der Waals surface area contributed by atoms with E-state index < -0.39 is 0 Å². The van der Waals surface area contributed by atoms with Crippen LogP contribution in [-0.2, 0) is 22.6 Å². The minimum atomic E-state index is 0.135. The van der Waals surface area contributed by atoms with Gasteiger partial charge in [-0.15, -0.1) is 0 Å². The zero-order valence-electron chi connectivity index (χ0n) is 11.4. The number of rotatable bonds is 9. The number of amides is 1. The molecule has 1 aromatic rings. The molecule has 1 fully saturated rings. The Morgan fingerprint density at radius 1 is 1.58 bits per heavy atom. The van der Waals surface area contributed by atoms with Crippen molar-refractivity contribution in [2.75, 3.05) is 20.3 Å². The van der Waals surface area contributed by atoms with Gasteiger partial charge in [-0.3, -0.25) is 4.79 Å². The molecule has 1 heterocycles. The molecule has 106 valence electrons. The van der Waals surface area contributed by atoms with Crippen LogP contribution in [0.15, 0.2) is 12.5 Å². The van der Waals surface area contributed by atoms with Gasteiger partial charge in [-0.25, -0.2) is 4.98 Å². The lowest BCUT2D eigenvalue weighted by Crippen LogP contribution is -2.26. The lowest BCUT2D eigenvalue weighted by atomic mass is 10.4. The number of aromatic nitrogens is 2. The number of methoxy groups -OCH3 is 1. The summed E-state index contributed by atoms with van der Waals surface area (Å²) in [7, 11) is 1.68. The molecule has 6 nitrogen and oxygen atoms in total. The summed E-state index contributed by atoms with van der Waals surface area (Å²) in [6.07, 6.45) is 6.54. The van der Waals surface area contributed by atoms with Crippen molar-refractivity contribution < 1.29 is 9.53 Å². The minimum Gasteiger partial charge on any atom is -0.383 e. The Bertz CT molecular complexity index is 401. The van der Waals surface area contributed by atoms with Crippen LogP contribution in [0.25, 0.3) is 0 Å². The van der Waals surface area contributed by atoms with Crippen LogP contribution in [0.1, 0.15) is 25.0 Å². The summed E-state index contributed by atoms with van der Waals surface area (Å²) >= 11 is 0. The lowest BCUT2D eigenvalue weighted by molar-refractivity contribution is -0.121. The Hall–Kier alpha value is -1.40. The molecule has 0 atom stereocenters. The molecular weight excluding hydrogens is 244 g/mol. The van der Waals surface area contributed by atoms with Crippen molar-refractivity contribution in [1.29, 1.82) is 0 Å². The van der Waals surface area contributed by atoms with Crippen LogP contribution in [0.2, 0.25) is 0 Å². The van der Waals surface area contributed by atoms with Crippen LogP contribution in [0.5, 0.6) is 0 Å². The lowest BCUT2D eigenvalue weighted by Gasteiger charge is -2.03. The van der Waals surface area contributed by atoms with E-state index in [-0.39, 0.29) is 5.91 Å². The minimum absolute atomic E-state index is 0.135. The molecule has 1 saturated carbocycles. The average Bonchev–Trinajstić information content (AvgIpc) is 3.09. The Labute approximate surface area is 113 Å². The number of carbonyl (C=O) groups is 1. The predicted molar refractivity (Wildman–Crippen MR) is 71.6 cm³/mol. The fourth-order valence-electron chi connectivity index (χ4n) is 1.77. The summed E-state index contributed by atoms with van der Waals surface area (Å²) in [5.41, 5.74) is 0.985. The van der Waals surface area contributed by atoms with Crippen molar-refractivity contribution in [3.63, 3.8) is 0 Å². The Morgan fingerprint density at radius 3 is 3.16 bits per heavy atom. The first-order valence-electron chi connectivity index (χ1n) is 6.77. The predicted octanol–water partition coefficient (Wildman–Crippen LogP) is 0.288. The van der Waals surface area contributed by atoms with Gasteiger partial charge in [-0.2, -0.15) is 0 Å². The standard InChI is InChI=1S/C13H22N4O2/c1-19-7-5-14-8-12-9-17(10-15-12)6-4-13(18)16-11-2-3-11/h9-11,14H,2-8H2,1H3,(H,16,18). The molecule has 0 aromatic carbocycles. The van der Waals surface area contributed by atoms with E-state index in [4.69, 9.17) is 4.74 Å². The third kappa shape index (κ3) is 5.40. The van der Waals surface area contributed by atoms with Crippen LogP contribution in [0.4, 0.5) is 0 Å². The highest BCUT2D eigenvalue weighted by molar-refractivity contribution is 5.76. The van der Waals surface area contributed by atoms with Gasteiger partial charge in [0.2, 0.25) is 5.91 Å². The number of hydrogen-bond donors (Lipinski definition) is 2. The number of hydrogen-bond acceptors (Lipinski definition) is 4. The second-order valence-corrected chi connectivity index (χ2v) is 4.86. The van der Waals surface area contributed by atoms with E-state index in [9.17, 15) is 4.79 Å². The highest BCUT2D eigenvalue weighted by Crippen LogP contribution is 2.18. The summed E-state index contributed by atoms with van der Waals surface area (Å²) < 4.78 is 6.91. The van der Waals surface area contributed by atoms with Crippen LogP contribution in [0.3, 0.4) is 0 Å². The second-order valence-electron chi connectivity index (χ2n) is 4.86. The third-order valence-electron chi connectivity index (χ3n) is 3.02. The Balaban J connectivity index is 1.63. The summed E-state index contributed by atoms with van der Waals surface area (Å²) in [4.78, 5) is 15.8. The largest absolute Gasteiger partial charge is 0.383 e. The van der Waals surface area contributed by atoms with Gasteiger partial charge < -0.3 is 19.9 Å². The first-order chi connectivity index (χ1) is 9.28. The number of carbonyl (C=O) groups excluding carboxylic acids is 1. The molecule has 0 radical (unpaired) electrons. The quantitative estimate of drug-likeness (QED) is 0.630. The molecule has 0 saturated heterocycles. The molecule has 19 heavy (non-hydrogen) atoms. The van der Waals surface area contributed by atoms with Gasteiger partial charge in [-0.05, 0) is 12.8 Å². The fourth-order valence-corrected chi connectivity index (χ4v) is 1.77. The highest BCUT2D eigenvalue weighted by atomic mass is 16.5. The SMILES string of the molecule is COCCNCc1cn(CCC(=O)NC2CC2)cn1. The highest BCUT2D eigenvalue weighted by Gasteiger charge is 2.22. The van der Waals surface area contributed by atoms with Crippen molar-refractivity contribution >= 4 is 5.91 Å². The monoisotopic (exact) mass is 266 g/mol. The van der Waals surface area contributed by atoms with Crippen LogP contribution in [-0.4, -0.2) is 41.8 Å². The molecule has 0 aliphatic heterocycles.